The van der Waals surface area contributed by atoms with Gasteiger partial charge in [0, 0.05) is 44.2 Å². The minimum atomic E-state index is -0.657. The number of aryl methyl sites for hydroxylation is 2. The second-order valence-electron chi connectivity index (χ2n) is 7.75. The van der Waals surface area contributed by atoms with Gasteiger partial charge < -0.3 is 14.4 Å². The third-order valence-corrected chi connectivity index (χ3v) is 6.47. The summed E-state index contributed by atoms with van der Waals surface area (Å²) in [6.07, 6.45) is 0. The number of nitro groups is 1. The number of anilines is 1. The third kappa shape index (κ3) is 3.80. The van der Waals surface area contributed by atoms with Crippen LogP contribution in [-0.4, -0.2) is 46.5 Å². The molecule has 0 N–H and O–H groups in total. The van der Waals surface area contributed by atoms with Crippen molar-refractivity contribution in [1.29, 1.82) is 0 Å². The molecular formula is C22H20Cl2N4O4. The number of aromatic nitrogens is 1. The Hall–Kier alpha value is -3.10. The van der Waals surface area contributed by atoms with E-state index in [1.807, 2.05) is 24.0 Å². The summed E-state index contributed by atoms with van der Waals surface area (Å²) in [6.45, 7) is 3.29. The lowest BCUT2D eigenvalue weighted by Crippen LogP contribution is -2.49. The lowest BCUT2D eigenvalue weighted by molar-refractivity contribution is -0.385. The van der Waals surface area contributed by atoms with Crippen molar-refractivity contribution in [3.8, 4) is 0 Å². The Morgan fingerprint density at radius 2 is 1.72 bits per heavy atom. The van der Waals surface area contributed by atoms with Crippen LogP contribution in [0, 0.1) is 17.0 Å². The number of pyridine rings is 1. The average Bonchev–Trinajstić information content (AvgIpc) is 2.77. The van der Waals surface area contributed by atoms with Gasteiger partial charge in [0.1, 0.15) is 5.69 Å². The van der Waals surface area contributed by atoms with Crippen LogP contribution in [0.3, 0.4) is 0 Å². The molecule has 2 heterocycles. The minimum absolute atomic E-state index is 0.192. The summed E-state index contributed by atoms with van der Waals surface area (Å²) in [4.78, 5) is 40.4. The lowest BCUT2D eigenvalue weighted by Gasteiger charge is -2.36. The summed E-state index contributed by atoms with van der Waals surface area (Å²) >= 11 is 12.0. The van der Waals surface area contributed by atoms with Crippen molar-refractivity contribution in [1.82, 2.24) is 9.47 Å². The normalized spacial score (nSPS) is 14.1. The van der Waals surface area contributed by atoms with Gasteiger partial charge in [-0.1, -0.05) is 34.8 Å². The molecule has 1 aromatic heterocycles. The van der Waals surface area contributed by atoms with Gasteiger partial charge in [-0.25, -0.2) is 0 Å². The summed E-state index contributed by atoms with van der Waals surface area (Å²) < 4.78 is 1.31. The highest BCUT2D eigenvalue weighted by molar-refractivity contribution is 6.42. The van der Waals surface area contributed by atoms with Gasteiger partial charge in [-0.15, -0.1) is 0 Å². The Morgan fingerprint density at radius 3 is 2.34 bits per heavy atom. The molecule has 166 valence electrons. The largest absolute Gasteiger partial charge is 0.362 e. The predicted octanol–water partition coefficient (Wildman–Crippen LogP) is 4.02. The molecule has 3 aromatic rings. The van der Waals surface area contributed by atoms with Crippen LogP contribution in [0.1, 0.15) is 15.9 Å². The molecule has 0 aliphatic carbocycles. The van der Waals surface area contributed by atoms with Gasteiger partial charge in [0.25, 0.3) is 5.91 Å². The van der Waals surface area contributed by atoms with Gasteiger partial charge in [-0.3, -0.25) is 19.7 Å². The average molecular weight is 475 g/mol. The summed E-state index contributed by atoms with van der Waals surface area (Å²) in [5, 5.41) is 13.2. The quantitative estimate of drug-likeness (QED) is 0.422. The SMILES string of the molecule is Cc1ccc2c(c1)c(N1CCN(C(=O)c3ccc(Cl)c(Cl)c3)CC1)c([N+](=O)[O-])c(=O)n2C. The van der Waals surface area contributed by atoms with Gasteiger partial charge in [0.2, 0.25) is 0 Å². The predicted molar refractivity (Wildman–Crippen MR) is 125 cm³/mol. The first-order valence-corrected chi connectivity index (χ1v) is 10.7. The van der Waals surface area contributed by atoms with Crippen LogP contribution in [0.15, 0.2) is 41.2 Å². The molecule has 0 atom stereocenters. The van der Waals surface area contributed by atoms with Crippen molar-refractivity contribution in [2.24, 2.45) is 7.05 Å². The zero-order valence-electron chi connectivity index (χ0n) is 17.5. The van der Waals surface area contributed by atoms with Gasteiger partial charge >= 0.3 is 11.2 Å². The minimum Gasteiger partial charge on any atom is -0.362 e. The smallest absolute Gasteiger partial charge is 0.357 e. The highest BCUT2D eigenvalue weighted by Crippen LogP contribution is 2.34. The highest BCUT2D eigenvalue weighted by Gasteiger charge is 2.31. The number of nitrogens with zero attached hydrogens (tertiary/aromatic N) is 4. The topological polar surface area (TPSA) is 88.7 Å². The number of amides is 1. The number of rotatable bonds is 3. The second-order valence-corrected chi connectivity index (χ2v) is 8.56. The number of hydrogen-bond acceptors (Lipinski definition) is 5. The zero-order valence-corrected chi connectivity index (χ0v) is 19.0. The summed E-state index contributed by atoms with van der Waals surface area (Å²) in [6, 6.07) is 10.2. The van der Waals surface area contributed by atoms with Crippen LogP contribution >= 0.6 is 23.2 Å². The van der Waals surface area contributed by atoms with Crippen molar-refractivity contribution in [2.45, 2.75) is 6.92 Å². The maximum absolute atomic E-state index is 12.9. The Bertz CT molecular complexity index is 1310. The Kier molecular flexibility index (Phi) is 5.83. The molecule has 8 nitrogen and oxygen atoms in total. The van der Waals surface area contributed by atoms with E-state index in [2.05, 4.69) is 0 Å². The molecule has 0 saturated carbocycles. The molecule has 10 heteroatoms. The van der Waals surface area contributed by atoms with Crippen LogP contribution in [0.5, 0.6) is 0 Å². The van der Waals surface area contributed by atoms with Crippen molar-refractivity contribution >= 4 is 51.4 Å². The fraction of sp³-hybridized carbons (Fsp3) is 0.273. The maximum Gasteiger partial charge on any atom is 0.357 e. The van der Waals surface area contributed by atoms with Gasteiger partial charge in [-0.05, 0) is 37.3 Å². The van der Waals surface area contributed by atoms with E-state index in [1.54, 1.807) is 23.1 Å². The summed E-state index contributed by atoms with van der Waals surface area (Å²) in [7, 11) is 1.53. The van der Waals surface area contributed by atoms with Gasteiger partial charge in [0.15, 0.2) is 0 Å². The maximum atomic E-state index is 12.9. The first-order valence-electron chi connectivity index (χ1n) is 9.96. The van der Waals surface area contributed by atoms with Crippen molar-refractivity contribution in [3.63, 3.8) is 0 Å². The van der Waals surface area contributed by atoms with E-state index >= 15 is 0 Å². The number of piperazine rings is 1. The number of hydrogen-bond donors (Lipinski definition) is 0. The van der Waals surface area contributed by atoms with Crippen LogP contribution in [0.25, 0.3) is 10.9 Å². The Morgan fingerprint density at radius 1 is 1.03 bits per heavy atom. The Balaban J connectivity index is 1.69. The van der Waals surface area contributed by atoms with E-state index in [9.17, 15) is 19.7 Å². The molecule has 1 saturated heterocycles. The fourth-order valence-electron chi connectivity index (χ4n) is 4.06. The van der Waals surface area contributed by atoms with Crippen molar-refractivity contribution < 1.29 is 9.72 Å². The molecule has 0 spiro atoms. The monoisotopic (exact) mass is 474 g/mol. The van der Waals surface area contributed by atoms with Crippen LogP contribution in [0.2, 0.25) is 10.0 Å². The number of halogens is 2. The Labute approximate surface area is 193 Å². The van der Waals surface area contributed by atoms with E-state index < -0.39 is 16.2 Å². The number of benzene rings is 2. The molecule has 2 aromatic carbocycles. The first-order chi connectivity index (χ1) is 15.2. The third-order valence-electron chi connectivity index (χ3n) is 5.73. The summed E-state index contributed by atoms with van der Waals surface area (Å²) in [5.74, 6) is -0.192. The van der Waals surface area contributed by atoms with Gasteiger partial charge in [-0.2, -0.15) is 0 Å². The van der Waals surface area contributed by atoms with Crippen LogP contribution in [-0.2, 0) is 7.05 Å². The number of carbonyl (C=O) groups excluding carboxylic acids is 1. The number of fused-ring (bicyclic) bond motifs is 1. The molecule has 1 fully saturated rings. The molecule has 32 heavy (non-hydrogen) atoms. The molecule has 1 aliphatic heterocycles. The lowest BCUT2D eigenvalue weighted by atomic mass is 10.1. The fourth-order valence-corrected chi connectivity index (χ4v) is 4.36. The van der Waals surface area contributed by atoms with Crippen LogP contribution < -0.4 is 10.5 Å². The zero-order chi connectivity index (χ0) is 23.2. The van der Waals surface area contributed by atoms with Crippen LogP contribution in [0.4, 0.5) is 11.4 Å². The molecule has 4 rings (SSSR count). The number of carbonyl (C=O) groups is 1. The standard InChI is InChI=1S/C22H20Cl2N4O4/c1-13-3-6-18-15(11-13)19(20(28(31)32)22(30)25(18)2)26-7-9-27(10-8-26)21(29)14-4-5-16(23)17(24)12-14/h3-6,11-12H,7-10H2,1-2H3. The van der Waals surface area contributed by atoms with E-state index in [-0.39, 0.29) is 5.91 Å². The molecule has 0 bridgehead atoms. The molecule has 0 radical (unpaired) electrons. The highest BCUT2D eigenvalue weighted by atomic mass is 35.5. The molecule has 1 aliphatic rings. The molecular weight excluding hydrogens is 455 g/mol. The summed E-state index contributed by atoms with van der Waals surface area (Å²) in [5.41, 5.74) is 1.17. The second kappa shape index (κ2) is 8.44. The van der Waals surface area contributed by atoms with Crippen molar-refractivity contribution in [2.75, 3.05) is 31.1 Å². The van der Waals surface area contributed by atoms with E-state index in [0.29, 0.717) is 58.4 Å². The molecule has 1 amide bonds. The van der Waals surface area contributed by atoms with E-state index in [1.165, 1.54) is 17.7 Å². The molecule has 0 unspecified atom stereocenters. The van der Waals surface area contributed by atoms with E-state index in [0.717, 1.165) is 5.56 Å². The van der Waals surface area contributed by atoms with Crippen molar-refractivity contribution in [3.05, 3.63) is 78.0 Å². The van der Waals surface area contributed by atoms with E-state index in [4.69, 9.17) is 23.2 Å². The van der Waals surface area contributed by atoms with Gasteiger partial charge in [0.05, 0.1) is 20.5 Å². The first kappa shape index (κ1) is 22.1.